The maximum absolute atomic E-state index is 11.6. The van der Waals surface area contributed by atoms with Crippen molar-refractivity contribution in [2.75, 3.05) is 24.7 Å². The number of amides is 1. The normalized spacial score (nSPS) is 10.3. The van der Waals surface area contributed by atoms with E-state index in [-0.39, 0.29) is 5.24 Å². The van der Waals surface area contributed by atoms with Crippen LogP contribution >= 0.6 is 23.4 Å². The van der Waals surface area contributed by atoms with Crippen LogP contribution in [-0.2, 0) is 0 Å². The Bertz CT molecular complexity index is 163. The van der Waals surface area contributed by atoms with E-state index in [0.717, 1.165) is 37.6 Å². The van der Waals surface area contributed by atoms with E-state index in [1.54, 1.807) is 0 Å². The molecule has 0 heterocycles. The highest BCUT2D eigenvalue weighted by Crippen LogP contribution is 2.12. The van der Waals surface area contributed by atoms with Crippen molar-refractivity contribution in [3.8, 4) is 0 Å². The quantitative estimate of drug-likeness (QED) is 0.480. The number of thioether (sulfide) groups is 1. The maximum Gasteiger partial charge on any atom is 0.281 e. The fraction of sp³-hybridized carbons (Fsp3) is 0.909. The van der Waals surface area contributed by atoms with Crippen LogP contribution in [0.15, 0.2) is 0 Å². The average Bonchev–Trinajstić information content (AvgIpc) is 2.25. The second-order valence-electron chi connectivity index (χ2n) is 3.39. The van der Waals surface area contributed by atoms with Crippen LogP contribution in [-0.4, -0.2) is 34.9 Å². The van der Waals surface area contributed by atoms with Gasteiger partial charge in [-0.3, -0.25) is 4.79 Å². The lowest BCUT2D eigenvalue weighted by atomic mass is 10.2. The van der Waals surface area contributed by atoms with Crippen molar-refractivity contribution in [1.29, 1.82) is 0 Å². The first-order chi connectivity index (χ1) is 7.26. The molecule has 0 atom stereocenters. The number of nitrogens with zero attached hydrogens (tertiary/aromatic N) is 1. The maximum atomic E-state index is 11.6. The Morgan fingerprint density at radius 1 is 1.13 bits per heavy atom. The molecule has 0 aromatic carbocycles. The third-order valence-electron chi connectivity index (χ3n) is 2.28. The highest BCUT2D eigenvalue weighted by molar-refractivity contribution is 8.13. The van der Waals surface area contributed by atoms with Crippen molar-refractivity contribution in [2.45, 2.75) is 39.5 Å². The Labute approximate surface area is 103 Å². The van der Waals surface area contributed by atoms with E-state index in [4.69, 9.17) is 11.6 Å². The summed E-state index contributed by atoms with van der Waals surface area (Å²) in [5.74, 6) is 1.70. The zero-order valence-electron chi connectivity index (χ0n) is 9.80. The van der Waals surface area contributed by atoms with Gasteiger partial charge < -0.3 is 4.90 Å². The van der Waals surface area contributed by atoms with E-state index in [9.17, 15) is 4.79 Å². The van der Waals surface area contributed by atoms with E-state index in [0.29, 0.717) is 0 Å². The molecular weight excluding hydrogens is 230 g/mol. The van der Waals surface area contributed by atoms with Crippen LogP contribution in [0.2, 0.25) is 0 Å². The molecule has 1 amide bonds. The molecule has 0 aliphatic heterocycles. The SMILES string of the molecule is CCN(CC)C(=O)SCCCCCCCl. The minimum Gasteiger partial charge on any atom is -0.334 e. The first-order valence-electron chi connectivity index (χ1n) is 5.73. The van der Waals surface area contributed by atoms with Gasteiger partial charge in [-0.15, -0.1) is 11.6 Å². The highest BCUT2D eigenvalue weighted by atomic mass is 35.5. The Hall–Kier alpha value is 0.110. The third kappa shape index (κ3) is 7.97. The molecule has 0 rings (SSSR count). The number of carbonyl (C=O) groups excluding carboxylic acids is 1. The summed E-state index contributed by atoms with van der Waals surface area (Å²) in [6.07, 6.45) is 4.58. The van der Waals surface area contributed by atoms with Crippen LogP contribution < -0.4 is 0 Å². The molecular formula is C11H22ClNOS. The molecule has 0 aromatic rings. The molecule has 0 saturated carbocycles. The summed E-state index contributed by atoms with van der Waals surface area (Å²) in [7, 11) is 0. The zero-order chi connectivity index (χ0) is 11.5. The number of rotatable bonds is 8. The van der Waals surface area contributed by atoms with E-state index in [2.05, 4.69) is 0 Å². The molecule has 0 unspecified atom stereocenters. The summed E-state index contributed by atoms with van der Waals surface area (Å²) in [5.41, 5.74) is 0. The summed E-state index contributed by atoms with van der Waals surface area (Å²) in [4.78, 5) is 13.4. The average molecular weight is 252 g/mol. The third-order valence-corrected chi connectivity index (χ3v) is 3.54. The number of unbranched alkanes of at least 4 members (excludes halogenated alkanes) is 3. The van der Waals surface area contributed by atoms with Crippen LogP contribution in [0.3, 0.4) is 0 Å². The van der Waals surface area contributed by atoms with Gasteiger partial charge in [0.1, 0.15) is 0 Å². The molecule has 0 aliphatic rings. The summed E-state index contributed by atoms with van der Waals surface area (Å²) < 4.78 is 0. The molecule has 4 heteroatoms. The number of halogens is 1. The van der Waals surface area contributed by atoms with E-state index < -0.39 is 0 Å². The molecule has 0 spiro atoms. The summed E-state index contributed by atoms with van der Waals surface area (Å²) in [6.45, 7) is 5.66. The zero-order valence-corrected chi connectivity index (χ0v) is 11.4. The first-order valence-corrected chi connectivity index (χ1v) is 7.25. The van der Waals surface area contributed by atoms with E-state index in [1.165, 1.54) is 24.6 Å². The number of carbonyl (C=O) groups is 1. The van der Waals surface area contributed by atoms with Gasteiger partial charge in [0.05, 0.1) is 0 Å². The van der Waals surface area contributed by atoms with Crippen LogP contribution in [0.4, 0.5) is 4.79 Å². The van der Waals surface area contributed by atoms with Gasteiger partial charge in [-0.05, 0) is 26.7 Å². The highest BCUT2D eigenvalue weighted by Gasteiger charge is 2.08. The van der Waals surface area contributed by atoms with Crippen molar-refractivity contribution in [3.63, 3.8) is 0 Å². The summed E-state index contributed by atoms with van der Waals surface area (Å²) >= 11 is 7.02. The second kappa shape index (κ2) is 10.6. The molecule has 0 radical (unpaired) electrons. The molecule has 90 valence electrons. The van der Waals surface area contributed by atoms with Crippen molar-refractivity contribution in [3.05, 3.63) is 0 Å². The molecule has 0 N–H and O–H groups in total. The van der Waals surface area contributed by atoms with Gasteiger partial charge in [0, 0.05) is 24.7 Å². The van der Waals surface area contributed by atoms with Crippen molar-refractivity contribution < 1.29 is 4.79 Å². The topological polar surface area (TPSA) is 20.3 Å². The number of hydrogen-bond donors (Lipinski definition) is 0. The standard InChI is InChI=1S/C11H22ClNOS/c1-3-13(4-2)11(14)15-10-8-6-5-7-9-12/h3-10H2,1-2H3. The number of alkyl halides is 1. The fourth-order valence-electron chi connectivity index (χ4n) is 1.28. The summed E-state index contributed by atoms with van der Waals surface area (Å²) in [6, 6.07) is 0. The van der Waals surface area contributed by atoms with Crippen molar-refractivity contribution >= 4 is 28.6 Å². The second-order valence-corrected chi connectivity index (χ2v) is 4.81. The van der Waals surface area contributed by atoms with Crippen molar-refractivity contribution in [1.82, 2.24) is 4.90 Å². The Morgan fingerprint density at radius 2 is 1.73 bits per heavy atom. The smallest absolute Gasteiger partial charge is 0.281 e. The lowest BCUT2D eigenvalue weighted by Crippen LogP contribution is -2.26. The monoisotopic (exact) mass is 251 g/mol. The van der Waals surface area contributed by atoms with Crippen LogP contribution in [0.5, 0.6) is 0 Å². The molecule has 2 nitrogen and oxygen atoms in total. The Balaban J connectivity index is 3.38. The van der Waals surface area contributed by atoms with Crippen LogP contribution in [0, 0.1) is 0 Å². The largest absolute Gasteiger partial charge is 0.334 e. The summed E-state index contributed by atoms with van der Waals surface area (Å²) in [5, 5.41) is 0.220. The Morgan fingerprint density at radius 3 is 2.27 bits per heavy atom. The van der Waals surface area contributed by atoms with Gasteiger partial charge in [0.2, 0.25) is 0 Å². The molecule has 0 aliphatic carbocycles. The molecule has 0 bridgehead atoms. The van der Waals surface area contributed by atoms with Crippen molar-refractivity contribution in [2.24, 2.45) is 0 Å². The minimum atomic E-state index is 0.220. The van der Waals surface area contributed by atoms with Crippen LogP contribution in [0.25, 0.3) is 0 Å². The number of hydrogen-bond acceptors (Lipinski definition) is 2. The van der Waals surface area contributed by atoms with Gasteiger partial charge in [-0.1, -0.05) is 24.6 Å². The van der Waals surface area contributed by atoms with E-state index >= 15 is 0 Å². The lowest BCUT2D eigenvalue weighted by Gasteiger charge is -2.17. The van der Waals surface area contributed by atoms with Gasteiger partial charge in [-0.25, -0.2) is 0 Å². The minimum absolute atomic E-state index is 0.220. The van der Waals surface area contributed by atoms with E-state index in [1.807, 2.05) is 18.7 Å². The lowest BCUT2D eigenvalue weighted by molar-refractivity contribution is 0.228. The van der Waals surface area contributed by atoms with Gasteiger partial charge in [-0.2, -0.15) is 0 Å². The van der Waals surface area contributed by atoms with Crippen LogP contribution in [0.1, 0.15) is 39.5 Å². The molecule has 0 aromatic heterocycles. The first kappa shape index (κ1) is 15.1. The molecule has 0 saturated heterocycles. The Kier molecular flexibility index (Phi) is 10.7. The van der Waals surface area contributed by atoms with Gasteiger partial charge in [0.15, 0.2) is 0 Å². The fourth-order valence-corrected chi connectivity index (χ4v) is 2.44. The van der Waals surface area contributed by atoms with Gasteiger partial charge >= 0.3 is 0 Å². The predicted octanol–water partition coefficient (Wildman–Crippen LogP) is 3.98. The predicted molar refractivity (Wildman–Crippen MR) is 70.0 cm³/mol. The van der Waals surface area contributed by atoms with Gasteiger partial charge in [0.25, 0.3) is 5.24 Å². The molecule has 0 fully saturated rings. The molecule has 15 heavy (non-hydrogen) atoms.